The Bertz CT molecular complexity index is 95.6. The summed E-state index contributed by atoms with van der Waals surface area (Å²) in [7, 11) is -3.67. The van der Waals surface area contributed by atoms with Crippen LogP contribution in [0.25, 0.3) is 0 Å². The minimum Gasteiger partial charge on any atom is -0.400 e. The third-order valence-corrected chi connectivity index (χ3v) is 0. The summed E-state index contributed by atoms with van der Waals surface area (Å²) in [6, 6.07) is 0. The summed E-state index contributed by atoms with van der Waals surface area (Å²) >= 11 is 0. The Balaban J connectivity index is -0.0000000750. The van der Waals surface area contributed by atoms with Crippen LogP contribution in [0.4, 0.5) is 0 Å². The molecule has 0 unspecified atom stereocenters. The van der Waals surface area contributed by atoms with Crippen LogP contribution >= 0.6 is 0 Å². The van der Waals surface area contributed by atoms with Crippen molar-refractivity contribution in [2.24, 2.45) is 0 Å². The molecule has 0 saturated carbocycles. The fraction of sp³-hybridized carbons (Fsp3) is 1.00. The van der Waals surface area contributed by atoms with Crippen LogP contribution in [-0.2, 0) is 26.9 Å². The Hall–Kier alpha value is 0.324. The molecule has 0 aromatic carbocycles. The van der Waals surface area contributed by atoms with Crippen LogP contribution in [0.3, 0.4) is 0 Å². The van der Waals surface area contributed by atoms with E-state index in [1.54, 1.807) is 0 Å². The molecule has 0 spiro atoms. The summed E-state index contributed by atoms with van der Waals surface area (Å²) in [4.78, 5) is 0. The van der Waals surface area contributed by atoms with Crippen molar-refractivity contribution in [3.05, 3.63) is 0 Å². The predicted octanol–water partition coefficient (Wildman–Crippen LogP) is -1.05. The molecule has 0 rings (SSSR count). The maximum Gasteiger partial charge on any atom is 0.394 e. The van der Waals surface area contributed by atoms with Crippen molar-refractivity contribution in [1.29, 1.82) is 0 Å². The zero-order valence-corrected chi connectivity index (χ0v) is 5.69. The van der Waals surface area contributed by atoms with Crippen LogP contribution in [0.1, 0.15) is 0 Å². The zero-order chi connectivity index (χ0) is 6.50. The van der Waals surface area contributed by atoms with E-state index in [1.807, 2.05) is 0 Å². The minimum absolute atomic E-state index is 0. The van der Waals surface area contributed by atoms with Crippen LogP contribution in [0, 0.1) is 0 Å². The summed E-state index contributed by atoms with van der Waals surface area (Å²) in [5.74, 6) is 0. The zero-order valence-electron chi connectivity index (χ0n) is 3.88. The van der Waals surface area contributed by atoms with Crippen molar-refractivity contribution in [2.45, 2.75) is 0 Å². The summed E-state index contributed by atoms with van der Waals surface area (Å²) in [5, 5.41) is 7.00. The first kappa shape index (κ1) is 15.8. The normalized spacial score (nSPS) is 8.00. The molecule has 0 bridgehead atoms. The van der Waals surface area contributed by atoms with Gasteiger partial charge in [-0.2, -0.15) is 8.42 Å². The SMILES string of the molecule is CO.O=S(=O)(O)O.[Ni]. The van der Waals surface area contributed by atoms with Gasteiger partial charge in [-0.3, -0.25) is 9.11 Å². The third-order valence-electron chi connectivity index (χ3n) is 0. The number of hydrogen-bond donors (Lipinski definition) is 3. The molecule has 0 heterocycles. The fourth-order valence-corrected chi connectivity index (χ4v) is 0. The standard InChI is InChI=1S/CH4O.Ni.H2O4S/c1-2;;1-5(2,3)4/h2H,1H3;;(H2,1,2,3,4). The van der Waals surface area contributed by atoms with E-state index in [-0.39, 0.29) is 16.5 Å². The first-order valence-electron chi connectivity index (χ1n) is 1.15. The van der Waals surface area contributed by atoms with Crippen molar-refractivity contribution in [2.75, 3.05) is 7.11 Å². The van der Waals surface area contributed by atoms with E-state index in [2.05, 4.69) is 0 Å². The van der Waals surface area contributed by atoms with Gasteiger partial charge in [-0.1, -0.05) is 0 Å². The number of rotatable bonds is 0. The van der Waals surface area contributed by atoms with Crippen LogP contribution in [0.15, 0.2) is 0 Å². The number of aliphatic hydroxyl groups is 1. The van der Waals surface area contributed by atoms with Crippen molar-refractivity contribution >= 4 is 10.4 Å². The van der Waals surface area contributed by atoms with Gasteiger partial charge in [-0.25, -0.2) is 0 Å². The Morgan fingerprint density at radius 2 is 1.12 bits per heavy atom. The van der Waals surface area contributed by atoms with Gasteiger partial charge in [0.05, 0.1) is 0 Å². The van der Waals surface area contributed by atoms with E-state index < -0.39 is 10.4 Å². The Kier molecular flexibility index (Phi) is 14.4. The molecular formula is CH6NiO5S. The fourth-order valence-electron chi connectivity index (χ4n) is 0. The van der Waals surface area contributed by atoms with Crippen molar-refractivity contribution in [1.82, 2.24) is 0 Å². The average Bonchev–Trinajstić information content (AvgIpc) is 1.36. The Morgan fingerprint density at radius 3 is 1.12 bits per heavy atom. The first-order chi connectivity index (χ1) is 3.00. The van der Waals surface area contributed by atoms with Gasteiger partial charge in [-0.15, -0.1) is 0 Å². The van der Waals surface area contributed by atoms with Gasteiger partial charge in [0.1, 0.15) is 0 Å². The van der Waals surface area contributed by atoms with Crippen LogP contribution < -0.4 is 0 Å². The molecule has 8 heavy (non-hydrogen) atoms. The van der Waals surface area contributed by atoms with E-state index in [9.17, 15) is 0 Å². The predicted molar refractivity (Wildman–Crippen MR) is 22.3 cm³/mol. The second kappa shape index (κ2) is 7.32. The summed E-state index contributed by atoms with van der Waals surface area (Å²) in [6.07, 6.45) is 0. The molecule has 0 aromatic heterocycles. The largest absolute Gasteiger partial charge is 0.400 e. The average molecular weight is 189 g/mol. The minimum atomic E-state index is -4.67. The first-order valence-corrected chi connectivity index (χ1v) is 2.54. The number of hydrogen-bond acceptors (Lipinski definition) is 3. The van der Waals surface area contributed by atoms with Crippen molar-refractivity contribution in [3.8, 4) is 0 Å². The van der Waals surface area contributed by atoms with Crippen molar-refractivity contribution in [3.63, 3.8) is 0 Å². The van der Waals surface area contributed by atoms with E-state index in [0.717, 1.165) is 7.11 Å². The van der Waals surface area contributed by atoms with Gasteiger partial charge in [-0.05, 0) is 0 Å². The smallest absolute Gasteiger partial charge is 0.394 e. The van der Waals surface area contributed by atoms with Gasteiger partial charge < -0.3 is 5.11 Å². The molecule has 0 radical (unpaired) electrons. The summed E-state index contributed by atoms with van der Waals surface area (Å²) in [5.41, 5.74) is 0. The third kappa shape index (κ3) is 1710. The maximum atomic E-state index is 8.74. The Morgan fingerprint density at radius 1 is 1.12 bits per heavy atom. The van der Waals surface area contributed by atoms with E-state index >= 15 is 0 Å². The molecule has 0 amide bonds. The molecule has 0 fully saturated rings. The van der Waals surface area contributed by atoms with E-state index in [4.69, 9.17) is 22.6 Å². The van der Waals surface area contributed by atoms with Crippen LogP contribution in [0.2, 0.25) is 0 Å². The molecule has 7 heteroatoms. The van der Waals surface area contributed by atoms with Gasteiger partial charge in [0.25, 0.3) is 0 Å². The topological polar surface area (TPSA) is 94.8 Å². The van der Waals surface area contributed by atoms with E-state index in [0.29, 0.717) is 0 Å². The molecule has 3 N–H and O–H groups in total. The van der Waals surface area contributed by atoms with Crippen LogP contribution in [-0.4, -0.2) is 29.7 Å². The summed E-state index contributed by atoms with van der Waals surface area (Å²) in [6.45, 7) is 0. The van der Waals surface area contributed by atoms with Crippen LogP contribution in [0.5, 0.6) is 0 Å². The molecule has 5 nitrogen and oxygen atoms in total. The molecule has 0 aliphatic heterocycles. The summed E-state index contributed by atoms with van der Waals surface area (Å²) < 4.78 is 31.6. The van der Waals surface area contributed by atoms with Crippen molar-refractivity contribution < 1.29 is 39.1 Å². The number of aliphatic hydroxyl groups excluding tert-OH is 1. The molecule has 0 aliphatic rings. The molecule has 0 saturated heterocycles. The Labute approximate surface area is 57.2 Å². The molecule has 0 atom stereocenters. The monoisotopic (exact) mass is 188 g/mol. The van der Waals surface area contributed by atoms with Gasteiger partial charge in [0, 0.05) is 23.6 Å². The van der Waals surface area contributed by atoms with Gasteiger partial charge in [0.15, 0.2) is 0 Å². The quantitative estimate of drug-likeness (QED) is 0.333. The molecular weight excluding hydrogens is 183 g/mol. The van der Waals surface area contributed by atoms with Gasteiger partial charge >= 0.3 is 10.4 Å². The maximum absolute atomic E-state index is 8.74. The molecule has 0 aliphatic carbocycles. The van der Waals surface area contributed by atoms with Gasteiger partial charge in [0.2, 0.25) is 0 Å². The molecule has 56 valence electrons. The van der Waals surface area contributed by atoms with E-state index in [1.165, 1.54) is 0 Å². The second-order valence-corrected chi connectivity index (χ2v) is 1.34. The second-order valence-electron chi connectivity index (χ2n) is 0.448. The molecule has 0 aromatic rings.